The van der Waals surface area contributed by atoms with Crippen molar-refractivity contribution < 1.29 is 25.2 Å². The molecule has 5 heavy (non-hydrogen) atoms. The number of hydrogen-bond acceptors (Lipinski definition) is 1. The first-order valence-electron chi connectivity index (χ1n) is 0.781. The maximum Gasteiger partial charge on any atom is 0.309 e. The number of hydrogen-bond donors (Lipinski definition) is 2. The van der Waals surface area contributed by atoms with Crippen LogP contribution < -0.4 is 11.5 Å². The molecule has 0 heterocycles. The van der Waals surface area contributed by atoms with Gasteiger partial charge >= 0.3 is 6.03 Å². The molecular weight excluding hydrogens is 162 g/mol. The SMILES string of the molecule is NC(N)=O.[Pd]. The molecule has 3 nitrogen and oxygen atoms in total. The summed E-state index contributed by atoms with van der Waals surface area (Å²) in [6, 6.07) is -0.833. The number of urea groups is 1. The molecule has 0 aromatic rings. The molecule has 0 saturated heterocycles. The molecule has 2 amide bonds. The van der Waals surface area contributed by atoms with E-state index in [-0.39, 0.29) is 20.4 Å². The molecule has 0 aliphatic rings. The van der Waals surface area contributed by atoms with Crippen LogP contribution in [0.3, 0.4) is 0 Å². The number of amides is 2. The maximum absolute atomic E-state index is 9.00. The third-order valence-corrected chi connectivity index (χ3v) is 0. The van der Waals surface area contributed by atoms with Gasteiger partial charge in [0.2, 0.25) is 0 Å². The van der Waals surface area contributed by atoms with Crippen LogP contribution in [0.4, 0.5) is 4.79 Å². The molecule has 0 aliphatic carbocycles. The van der Waals surface area contributed by atoms with Crippen molar-refractivity contribution >= 4 is 6.03 Å². The molecule has 0 radical (unpaired) electrons. The Bertz CT molecular complexity index is 32.6. The van der Waals surface area contributed by atoms with Crippen molar-refractivity contribution in [2.24, 2.45) is 11.5 Å². The third-order valence-electron chi connectivity index (χ3n) is 0. The Morgan fingerprint density at radius 3 is 1.40 bits per heavy atom. The number of carbonyl (C=O) groups excluding carboxylic acids is 1. The largest absolute Gasteiger partial charge is 0.352 e. The summed E-state index contributed by atoms with van der Waals surface area (Å²) < 4.78 is 0. The average Bonchev–Trinajstić information content (AvgIpc) is 0.811. The molecule has 0 aromatic heterocycles. The Balaban J connectivity index is 0. The Labute approximate surface area is 43.4 Å². The molecule has 4 heteroatoms. The van der Waals surface area contributed by atoms with E-state index in [1.54, 1.807) is 0 Å². The minimum Gasteiger partial charge on any atom is -0.352 e. The van der Waals surface area contributed by atoms with Crippen molar-refractivity contribution in [2.75, 3.05) is 0 Å². The zero-order valence-electron chi connectivity index (χ0n) is 2.38. The van der Waals surface area contributed by atoms with Gasteiger partial charge in [0.05, 0.1) is 0 Å². The van der Waals surface area contributed by atoms with Crippen LogP contribution in [0.15, 0.2) is 0 Å². The standard InChI is InChI=1S/CH4N2O.Pd/c2-1(3)4;/h(H4,2,3,4);. The Kier molecular flexibility index (Phi) is 6.98. The van der Waals surface area contributed by atoms with Gasteiger partial charge in [0.1, 0.15) is 0 Å². The van der Waals surface area contributed by atoms with Gasteiger partial charge in [-0.15, -0.1) is 0 Å². The minimum absolute atomic E-state index is 0. The molecule has 0 aliphatic heterocycles. The van der Waals surface area contributed by atoms with Crippen molar-refractivity contribution in [3.63, 3.8) is 0 Å². The smallest absolute Gasteiger partial charge is 0.309 e. The molecule has 34 valence electrons. The van der Waals surface area contributed by atoms with Gasteiger partial charge in [-0.25, -0.2) is 4.79 Å². The third kappa shape index (κ3) is 3210. The van der Waals surface area contributed by atoms with Crippen LogP contribution in [-0.2, 0) is 20.4 Å². The second kappa shape index (κ2) is 3.93. The molecular formula is CH4N2OPd. The molecule has 0 fully saturated rings. The summed E-state index contributed by atoms with van der Waals surface area (Å²) in [4.78, 5) is 9.00. The van der Waals surface area contributed by atoms with Crippen molar-refractivity contribution in [3.8, 4) is 0 Å². The Morgan fingerprint density at radius 1 is 1.40 bits per heavy atom. The molecule has 0 spiro atoms. The number of nitrogens with two attached hydrogens (primary N) is 2. The van der Waals surface area contributed by atoms with Gasteiger partial charge in [0.25, 0.3) is 0 Å². The zero-order valence-corrected chi connectivity index (χ0v) is 3.93. The van der Waals surface area contributed by atoms with E-state index < -0.39 is 6.03 Å². The summed E-state index contributed by atoms with van der Waals surface area (Å²) in [5.74, 6) is 0. The molecule has 4 N–H and O–H groups in total. The van der Waals surface area contributed by atoms with Crippen LogP contribution in [0.5, 0.6) is 0 Å². The fourth-order valence-corrected chi connectivity index (χ4v) is 0. The van der Waals surface area contributed by atoms with Gasteiger partial charge in [-0.05, 0) is 0 Å². The molecule has 0 rings (SSSR count). The van der Waals surface area contributed by atoms with Crippen molar-refractivity contribution in [2.45, 2.75) is 0 Å². The van der Waals surface area contributed by atoms with Gasteiger partial charge in [0.15, 0.2) is 0 Å². The van der Waals surface area contributed by atoms with E-state index in [2.05, 4.69) is 11.5 Å². The van der Waals surface area contributed by atoms with Crippen LogP contribution in [0.2, 0.25) is 0 Å². The van der Waals surface area contributed by atoms with E-state index in [0.29, 0.717) is 0 Å². The van der Waals surface area contributed by atoms with Gasteiger partial charge in [-0.1, -0.05) is 0 Å². The summed E-state index contributed by atoms with van der Waals surface area (Å²) in [7, 11) is 0. The Hall–Kier alpha value is -0.0677. The summed E-state index contributed by atoms with van der Waals surface area (Å²) in [5.41, 5.74) is 8.50. The number of primary amides is 2. The van der Waals surface area contributed by atoms with Gasteiger partial charge in [-0.2, -0.15) is 0 Å². The fourth-order valence-electron chi connectivity index (χ4n) is 0. The van der Waals surface area contributed by atoms with Crippen molar-refractivity contribution in [3.05, 3.63) is 0 Å². The zero-order chi connectivity index (χ0) is 3.58. The van der Waals surface area contributed by atoms with Gasteiger partial charge in [0, 0.05) is 20.4 Å². The average molecular weight is 166 g/mol. The van der Waals surface area contributed by atoms with E-state index in [1.807, 2.05) is 0 Å². The molecule has 0 atom stereocenters. The molecule has 0 unspecified atom stereocenters. The van der Waals surface area contributed by atoms with E-state index in [4.69, 9.17) is 4.79 Å². The summed E-state index contributed by atoms with van der Waals surface area (Å²) >= 11 is 0. The first-order valence-corrected chi connectivity index (χ1v) is 0.781. The first-order chi connectivity index (χ1) is 1.73. The Morgan fingerprint density at radius 2 is 1.40 bits per heavy atom. The maximum atomic E-state index is 9.00. The predicted molar refractivity (Wildman–Crippen MR) is 13.8 cm³/mol. The fraction of sp³-hybridized carbons (Fsp3) is 0. The van der Waals surface area contributed by atoms with Gasteiger partial charge in [-0.3, -0.25) is 0 Å². The van der Waals surface area contributed by atoms with Crippen molar-refractivity contribution in [1.29, 1.82) is 0 Å². The first kappa shape index (κ1) is 8.87. The summed E-state index contributed by atoms with van der Waals surface area (Å²) in [5, 5.41) is 0. The second-order valence-corrected chi connectivity index (χ2v) is 0.402. The second-order valence-electron chi connectivity index (χ2n) is 0.402. The number of rotatable bonds is 0. The minimum atomic E-state index is -0.833. The normalized spacial score (nSPS) is 4.80. The van der Waals surface area contributed by atoms with E-state index in [9.17, 15) is 0 Å². The monoisotopic (exact) mass is 166 g/mol. The topological polar surface area (TPSA) is 69.1 Å². The van der Waals surface area contributed by atoms with E-state index in [1.165, 1.54) is 0 Å². The van der Waals surface area contributed by atoms with Crippen LogP contribution in [0, 0.1) is 0 Å². The van der Waals surface area contributed by atoms with Crippen LogP contribution in [0.1, 0.15) is 0 Å². The van der Waals surface area contributed by atoms with E-state index >= 15 is 0 Å². The van der Waals surface area contributed by atoms with Crippen molar-refractivity contribution in [1.82, 2.24) is 0 Å². The molecule has 0 saturated carbocycles. The van der Waals surface area contributed by atoms with Crippen LogP contribution >= 0.6 is 0 Å². The van der Waals surface area contributed by atoms with Crippen LogP contribution in [-0.4, -0.2) is 6.03 Å². The summed E-state index contributed by atoms with van der Waals surface area (Å²) in [6.45, 7) is 0. The van der Waals surface area contributed by atoms with Gasteiger partial charge < -0.3 is 11.5 Å². The van der Waals surface area contributed by atoms with Crippen LogP contribution in [0.25, 0.3) is 0 Å². The molecule has 0 bridgehead atoms. The summed E-state index contributed by atoms with van der Waals surface area (Å²) in [6.07, 6.45) is 0. The number of carbonyl (C=O) groups is 1. The molecule has 0 aromatic carbocycles. The van der Waals surface area contributed by atoms with E-state index in [0.717, 1.165) is 0 Å². The predicted octanol–water partition coefficient (Wildman–Crippen LogP) is -0.979. The quantitative estimate of drug-likeness (QED) is 0.446.